The van der Waals surface area contributed by atoms with E-state index in [2.05, 4.69) is 58.5 Å². The predicted molar refractivity (Wildman–Crippen MR) is 115 cm³/mol. The maximum atomic E-state index is 4.29. The van der Waals surface area contributed by atoms with Crippen molar-refractivity contribution in [2.75, 3.05) is 0 Å². The van der Waals surface area contributed by atoms with Crippen LogP contribution in [0, 0.1) is 5.92 Å². The van der Waals surface area contributed by atoms with Crippen molar-refractivity contribution in [3.8, 4) is 11.4 Å². The molecule has 0 saturated heterocycles. The lowest BCUT2D eigenvalue weighted by Crippen LogP contribution is -2.13. The molecule has 2 aromatic rings. The minimum Gasteiger partial charge on any atom is -0.131 e. The molecule has 0 aliphatic heterocycles. The van der Waals surface area contributed by atoms with Gasteiger partial charge in [-0.25, -0.2) is 0 Å². The zero-order chi connectivity index (χ0) is 19.6. The van der Waals surface area contributed by atoms with Crippen LogP contribution in [0.25, 0.3) is 11.4 Å². The first kappa shape index (κ1) is 20.9. The van der Waals surface area contributed by atoms with E-state index < -0.39 is 0 Å². The molecule has 1 fully saturated rings. The number of nitrogens with zero attached hydrogens (tertiary/aromatic N) is 4. The van der Waals surface area contributed by atoms with Crippen LogP contribution in [-0.2, 0) is 6.42 Å². The van der Waals surface area contributed by atoms with Crippen molar-refractivity contribution in [2.45, 2.75) is 96.8 Å². The van der Waals surface area contributed by atoms with E-state index in [1.807, 2.05) is 0 Å². The SMILES string of the molecule is CCCCCc1nnc(-c2ccc(C3CCC(CCCCC)CC3)cc2)nn1. The van der Waals surface area contributed by atoms with Gasteiger partial charge >= 0.3 is 0 Å². The summed E-state index contributed by atoms with van der Waals surface area (Å²) in [5.41, 5.74) is 2.48. The van der Waals surface area contributed by atoms with E-state index in [-0.39, 0.29) is 0 Å². The summed E-state index contributed by atoms with van der Waals surface area (Å²) in [5, 5.41) is 17.1. The zero-order valence-electron chi connectivity index (χ0n) is 17.7. The average molecular weight is 381 g/mol. The molecule has 1 aromatic heterocycles. The summed E-state index contributed by atoms with van der Waals surface area (Å²) in [6, 6.07) is 8.79. The molecule has 4 heteroatoms. The van der Waals surface area contributed by atoms with Gasteiger partial charge in [-0.2, -0.15) is 0 Å². The molecular weight excluding hydrogens is 344 g/mol. The van der Waals surface area contributed by atoms with Crippen LogP contribution in [0.15, 0.2) is 24.3 Å². The Morgan fingerprint density at radius 2 is 1.39 bits per heavy atom. The smallest absolute Gasteiger partial charge is 0.131 e. The fourth-order valence-electron chi connectivity index (χ4n) is 4.37. The van der Waals surface area contributed by atoms with Crippen molar-refractivity contribution in [3.05, 3.63) is 35.7 Å². The first-order valence-electron chi connectivity index (χ1n) is 11.5. The second-order valence-corrected chi connectivity index (χ2v) is 8.43. The Bertz CT molecular complexity index is 673. The monoisotopic (exact) mass is 380 g/mol. The summed E-state index contributed by atoms with van der Waals surface area (Å²) < 4.78 is 0. The van der Waals surface area contributed by atoms with Crippen LogP contribution in [0.1, 0.15) is 102 Å². The number of unbranched alkanes of at least 4 members (excludes halogenated alkanes) is 4. The molecule has 0 amide bonds. The van der Waals surface area contributed by atoms with Gasteiger partial charge in [0.15, 0.2) is 5.82 Å². The van der Waals surface area contributed by atoms with Crippen LogP contribution in [0.3, 0.4) is 0 Å². The van der Waals surface area contributed by atoms with Crippen molar-refractivity contribution in [3.63, 3.8) is 0 Å². The van der Waals surface area contributed by atoms with Crippen molar-refractivity contribution in [1.82, 2.24) is 20.4 Å². The number of hydrogen-bond donors (Lipinski definition) is 0. The highest BCUT2D eigenvalue weighted by Crippen LogP contribution is 2.38. The second kappa shape index (κ2) is 11.2. The van der Waals surface area contributed by atoms with Crippen LogP contribution in [0.2, 0.25) is 0 Å². The molecule has 0 atom stereocenters. The molecule has 1 heterocycles. The number of benzene rings is 1. The minimum absolute atomic E-state index is 0.630. The van der Waals surface area contributed by atoms with Gasteiger partial charge in [0.25, 0.3) is 0 Å². The summed E-state index contributed by atoms with van der Waals surface area (Å²) in [6.07, 6.45) is 15.4. The molecule has 1 aromatic carbocycles. The molecular formula is C24H36N4. The first-order chi connectivity index (χ1) is 13.8. The summed E-state index contributed by atoms with van der Waals surface area (Å²) >= 11 is 0. The Morgan fingerprint density at radius 1 is 0.750 bits per heavy atom. The molecule has 3 rings (SSSR count). The Balaban J connectivity index is 1.51. The van der Waals surface area contributed by atoms with Crippen LogP contribution >= 0.6 is 0 Å². The molecule has 1 aliphatic carbocycles. The van der Waals surface area contributed by atoms with Crippen molar-refractivity contribution in [2.24, 2.45) is 5.92 Å². The third-order valence-corrected chi connectivity index (χ3v) is 6.23. The summed E-state index contributed by atoms with van der Waals surface area (Å²) in [5.74, 6) is 3.06. The van der Waals surface area contributed by atoms with Crippen LogP contribution in [0.4, 0.5) is 0 Å². The Kier molecular flexibility index (Phi) is 8.38. The lowest BCUT2D eigenvalue weighted by molar-refractivity contribution is 0.303. The Morgan fingerprint density at radius 3 is 2.04 bits per heavy atom. The van der Waals surface area contributed by atoms with Gasteiger partial charge in [0, 0.05) is 12.0 Å². The summed E-state index contributed by atoms with van der Waals surface area (Å²) in [7, 11) is 0. The summed E-state index contributed by atoms with van der Waals surface area (Å²) in [4.78, 5) is 0. The first-order valence-corrected chi connectivity index (χ1v) is 11.5. The van der Waals surface area contributed by atoms with E-state index in [1.165, 1.54) is 69.8 Å². The molecule has 0 unspecified atom stereocenters. The molecule has 0 spiro atoms. The van der Waals surface area contributed by atoms with Gasteiger partial charge in [-0.1, -0.05) is 76.6 Å². The molecule has 1 saturated carbocycles. The number of hydrogen-bond acceptors (Lipinski definition) is 4. The van der Waals surface area contributed by atoms with Gasteiger partial charge in [-0.3, -0.25) is 0 Å². The van der Waals surface area contributed by atoms with Crippen LogP contribution in [0.5, 0.6) is 0 Å². The van der Waals surface area contributed by atoms with Crippen molar-refractivity contribution < 1.29 is 0 Å². The van der Waals surface area contributed by atoms with E-state index in [1.54, 1.807) is 0 Å². The van der Waals surface area contributed by atoms with E-state index >= 15 is 0 Å². The van der Waals surface area contributed by atoms with Gasteiger partial charge in [0.1, 0.15) is 0 Å². The molecule has 28 heavy (non-hydrogen) atoms. The van der Waals surface area contributed by atoms with Gasteiger partial charge in [0.05, 0.1) is 0 Å². The average Bonchev–Trinajstić information content (AvgIpc) is 2.75. The maximum absolute atomic E-state index is 4.29. The molecule has 0 radical (unpaired) electrons. The van der Waals surface area contributed by atoms with E-state index in [0.29, 0.717) is 5.82 Å². The number of aryl methyl sites for hydroxylation is 1. The number of aromatic nitrogens is 4. The van der Waals surface area contributed by atoms with Crippen LogP contribution in [-0.4, -0.2) is 20.4 Å². The van der Waals surface area contributed by atoms with E-state index in [0.717, 1.165) is 36.1 Å². The van der Waals surface area contributed by atoms with Gasteiger partial charge in [-0.15, -0.1) is 20.4 Å². The standard InChI is InChI=1S/C24H36N4/c1-3-5-7-9-19-11-13-20(14-12-19)21-15-17-22(18-16-21)24-27-25-23(26-28-24)10-8-6-4-2/h15-20H,3-14H2,1-2H3. The van der Waals surface area contributed by atoms with E-state index in [9.17, 15) is 0 Å². The highest BCUT2D eigenvalue weighted by molar-refractivity contribution is 5.54. The third-order valence-electron chi connectivity index (χ3n) is 6.23. The fourth-order valence-corrected chi connectivity index (χ4v) is 4.37. The normalized spacial score (nSPS) is 19.6. The summed E-state index contributed by atoms with van der Waals surface area (Å²) in [6.45, 7) is 4.49. The van der Waals surface area contributed by atoms with E-state index in [4.69, 9.17) is 0 Å². The highest BCUT2D eigenvalue weighted by Gasteiger charge is 2.22. The van der Waals surface area contributed by atoms with Gasteiger partial charge < -0.3 is 0 Å². The van der Waals surface area contributed by atoms with Crippen LogP contribution < -0.4 is 0 Å². The third kappa shape index (κ3) is 6.08. The van der Waals surface area contributed by atoms with Gasteiger partial charge in [0.2, 0.25) is 5.82 Å². The fraction of sp³-hybridized carbons (Fsp3) is 0.667. The second-order valence-electron chi connectivity index (χ2n) is 8.43. The zero-order valence-corrected chi connectivity index (χ0v) is 17.7. The molecule has 4 nitrogen and oxygen atoms in total. The maximum Gasteiger partial charge on any atom is 0.203 e. The molecule has 152 valence electrons. The molecule has 0 N–H and O–H groups in total. The van der Waals surface area contributed by atoms with Crippen molar-refractivity contribution in [1.29, 1.82) is 0 Å². The van der Waals surface area contributed by atoms with Gasteiger partial charge in [-0.05, 0) is 49.5 Å². The largest absolute Gasteiger partial charge is 0.203 e. The minimum atomic E-state index is 0.630. The quantitative estimate of drug-likeness (QED) is 0.440. The lowest BCUT2D eigenvalue weighted by atomic mass is 9.77. The highest BCUT2D eigenvalue weighted by atomic mass is 15.3. The predicted octanol–water partition coefficient (Wildman–Crippen LogP) is 6.52. The molecule has 1 aliphatic rings. The Hall–Kier alpha value is -1.84. The lowest BCUT2D eigenvalue weighted by Gasteiger charge is -2.29. The molecule has 0 bridgehead atoms. The van der Waals surface area contributed by atoms with Crippen molar-refractivity contribution >= 4 is 0 Å². The Labute approximate surface area is 170 Å². The topological polar surface area (TPSA) is 51.6 Å². The number of rotatable bonds is 10.